The summed E-state index contributed by atoms with van der Waals surface area (Å²) < 4.78 is 0. The number of nitrogens with zero attached hydrogens (tertiary/aromatic N) is 2. The summed E-state index contributed by atoms with van der Waals surface area (Å²) in [6, 6.07) is 10.4. The van der Waals surface area contributed by atoms with E-state index in [1.807, 2.05) is 13.1 Å². The van der Waals surface area contributed by atoms with Crippen LogP contribution in [0.2, 0.25) is 0 Å². The SMILES string of the molecule is CNc1nc(CSC)nc2scc(-c3ccccc3)c12. The van der Waals surface area contributed by atoms with Crippen LogP contribution in [0.3, 0.4) is 0 Å². The molecule has 2 aromatic heterocycles. The van der Waals surface area contributed by atoms with Crippen molar-refractivity contribution in [3.63, 3.8) is 0 Å². The molecule has 0 saturated carbocycles. The van der Waals surface area contributed by atoms with E-state index in [-0.39, 0.29) is 0 Å². The lowest BCUT2D eigenvalue weighted by atomic mass is 10.1. The number of fused-ring (bicyclic) bond motifs is 1. The monoisotopic (exact) mass is 301 g/mol. The van der Waals surface area contributed by atoms with Gasteiger partial charge in [-0.1, -0.05) is 30.3 Å². The molecule has 102 valence electrons. The maximum Gasteiger partial charge on any atom is 0.142 e. The minimum Gasteiger partial charge on any atom is -0.372 e. The van der Waals surface area contributed by atoms with Gasteiger partial charge in [0.1, 0.15) is 16.5 Å². The third-order valence-electron chi connectivity index (χ3n) is 3.07. The second-order valence-electron chi connectivity index (χ2n) is 4.37. The zero-order valence-corrected chi connectivity index (χ0v) is 13.0. The first-order valence-corrected chi connectivity index (χ1v) is 8.61. The van der Waals surface area contributed by atoms with Crippen molar-refractivity contribution in [2.75, 3.05) is 18.6 Å². The van der Waals surface area contributed by atoms with Gasteiger partial charge in [0.2, 0.25) is 0 Å². The third kappa shape index (κ3) is 2.39. The number of hydrogen-bond acceptors (Lipinski definition) is 5. The number of hydrogen-bond donors (Lipinski definition) is 1. The van der Waals surface area contributed by atoms with Crippen molar-refractivity contribution in [3.8, 4) is 11.1 Å². The lowest BCUT2D eigenvalue weighted by molar-refractivity contribution is 1.08. The third-order valence-corrected chi connectivity index (χ3v) is 4.49. The molecule has 0 fully saturated rings. The van der Waals surface area contributed by atoms with Gasteiger partial charge in [-0.25, -0.2) is 9.97 Å². The van der Waals surface area contributed by atoms with E-state index in [0.29, 0.717) is 0 Å². The molecular weight excluding hydrogens is 286 g/mol. The van der Waals surface area contributed by atoms with E-state index in [9.17, 15) is 0 Å². The van der Waals surface area contributed by atoms with Gasteiger partial charge >= 0.3 is 0 Å². The fraction of sp³-hybridized carbons (Fsp3) is 0.200. The Labute approximate surface area is 126 Å². The van der Waals surface area contributed by atoms with Crippen LogP contribution in [-0.2, 0) is 5.75 Å². The van der Waals surface area contributed by atoms with E-state index in [1.54, 1.807) is 23.1 Å². The Balaban J connectivity index is 2.21. The van der Waals surface area contributed by atoms with Gasteiger partial charge in [0, 0.05) is 18.0 Å². The molecule has 0 bridgehead atoms. The molecule has 0 saturated heterocycles. The Morgan fingerprint density at radius 1 is 1.20 bits per heavy atom. The summed E-state index contributed by atoms with van der Waals surface area (Å²) in [5.74, 6) is 2.64. The Hall–Kier alpha value is -1.59. The van der Waals surface area contributed by atoms with Gasteiger partial charge in [-0.3, -0.25) is 0 Å². The van der Waals surface area contributed by atoms with Crippen molar-refractivity contribution >= 4 is 39.1 Å². The molecule has 1 aromatic carbocycles. The summed E-state index contributed by atoms with van der Waals surface area (Å²) in [6.45, 7) is 0. The number of anilines is 1. The van der Waals surface area contributed by atoms with E-state index in [0.717, 1.165) is 27.6 Å². The maximum absolute atomic E-state index is 4.67. The number of aromatic nitrogens is 2. The van der Waals surface area contributed by atoms with Crippen LogP contribution in [0.25, 0.3) is 21.3 Å². The Kier molecular flexibility index (Phi) is 3.89. The predicted molar refractivity (Wildman–Crippen MR) is 89.6 cm³/mol. The molecule has 0 unspecified atom stereocenters. The van der Waals surface area contributed by atoms with Crippen LogP contribution < -0.4 is 5.32 Å². The number of rotatable bonds is 4. The second kappa shape index (κ2) is 5.81. The summed E-state index contributed by atoms with van der Waals surface area (Å²) in [7, 11) is 1.91. The number of thiophene rings is 1. The largest absolute Gasteiger partial charge is 0.372 e. The molecule has 5 heteroatoms. The summed E-state index contributed by atoms with van der Waals surface area (Å²) in [5, 5.41) is 6.50. The van der Waals surface area contributed by atoms with Gasteiger partial charge in [0.15, 0.2) is 0 Å². The Morgan fingerprint density at radius 3 is 2.70 bits per heavy atom. The first kappa shape index (κ1) is 13.4. The number of nitrogens with one attached hydrogen (secondary N) is 1. The molecule has 20 heavy (non-hydrogen) atoms. The van der Waals surface area contributed by atoms with E-state index in [2.05, 4.69) is 51.2 Å². The van der Waals surface area contributed by atoms with Crippen LogP contribution >= 0.6 is 23.1 Å². The summed E-state index contributed by atoms with van der Waals surface area (Å²) >= 11 is 3.42. The highest BCUT2D eigenvalue weighted by molar-refractivity contribution is 7.97. The van der Waals surface area contributed by atoms with Crippen LogP contribution in [0.4, 0.5) is 5.82 Å². The molecule has 3 aromatic rings. The molecule has 3 rings (SSSR count). The normalized spacial score (nSPS) is 10.9. The van der Waals surface area contributed by atoms with Crippen LogP contribution in [0.15, 0.2) is 35.7 Å². The number of thioether (sulfide) groups is 1. The average molecular weight is 301 g/mol. The minimum atomic E-state index is 0.836. The molecule has 0 aliphatic heterocycles. The highest BCUT2D eigenvalue weighted by atomic mass is 32.2. The smallest absolute Gasteiger partial charge is 0.142 e. The summed E-state index contributed by atoms with van der Waals surface area (Å²) in [5.41, 5.74) is 2.40. The van der Waals surface area contributed by atoms with Crippen LogP contribution in [0.5, 0.6) is 0 Å². The van der Waals surface area contributed by atoms with Gasteiger partial charge < -0.3 is 5.32 Å². The minimum absolute atomic E-state index is 0.836. The molecule has 0 atom stereocenters. The van der Waals surface area contributed by atoms with E-state index in [4.69, 9.17) is 0 Å². The zero-order chi connectivity index (χ0) is 13.9. The molecule has 3 nitrogen and oxygen atoms in total. The van der Waals surface area contributed by atoms with Crippen LogP contribution in [0.1, 0.15) is 5.82 Å². The molecule has 1 N–H and O–H groups in total. The fourth-order valence-corrected chi connectivity index (χ4v) is 3.54. The van der Waals surface area contributed by atoms with Crippen molar-refractivity contribution in [2.24, 2.45) is 0 Å². The van der Waals surface area contributed by atoms with Crippen molar-refractivity contribution < 1.29 is 0 Å². The second-order valence-corrected chi connectivity index (χ2v) is 6.09. The molecule has 0 aliphatic rings. The highest BCUT2D eigenvalue weighted by Gasteiger charge is 2.14. The quantitative estimate of drug-likeness (QED) is 0.781. The standard InChI is InChI=1S/C15H15N3S2/c1-16-14-13-11(10-6-4-3-5-7-10)8-20-15(13)18-12(17-14)9-19-2/h3-8H,9H2,1-2H3,(H,16,17,18). The van der Waals surface area contributed by atoms with E-state index >= 15 is 0 Å². The van der Waals surface area contributed by atoms with Gasteiger partial charge in [-0.2, -0.15) is 11.8 Å². The average Bonchev–Trinajstić information content (AvgIpc) is 2.91. The maximum atomic E-state index is 4.67. The Morgan fingerprint density at radius 2 is 2.00 bits per heavy atom. The molecule has 0 amide bonds. The van der Waals surface area contributed by atoms with Crippen LogP contribution in [-0.4, -0.2) is 23.3 Å². The van der Waals surface area contributed by atoms with Gasteiger partial charge in [0.25, 0.3) is 0 Å². The molecule has 0 spiro atoms. The van der Waals surface area contributed by atoms with Crippen molar-refractivity contribution in [1.82, 2.24) is 9.97 Å². The van der Waals surface area contributed by atoms with Gasteiger partial charge in [-0.05, 0) is 11.8 Å². The summed E-state index contributed by atoms with van der Waals surface area (Å²) in [6.07, 6.45) is 2.07. The lowest BCUT2D eigenvalue weighted by Crippen LogP contribution is -1.99. The van der Waals surface area contributed by atoms with Gasteiger partial charge in [0.05, 0.1) is 11.1 Å². The van der Waals surface area contributed by atoms with Crippen LogP contribution in [0, 0.1) is 0 Å². The van der Waals surface area contributed by atoms with Crippen molar-refractivity contribution in [2.45, 2.75) is 5.75 Å². The number of benzene rings is 1. The molecular formula is C15H15N3S2. The first-order valence-electron chi connectivity index (χ1n) is 6.33. The lowest BCUT2D eigenvalue weighted by Gasteiger charge is -2.07. The predicted octanol–water partition coefficient (Wildman–Crippen LogP) is 4.26. The summed E-state index contributed by atoms with van der Waals surface area (Å²) in [4.78, 5) is 10.3. The highest BCUT2D eigenvalue weighted by Crippen LogP contribution is 2.36. The molecule has 0 radical (unpaired) electrons. The topological polar surface area (TPSA) is 37.8 Å². The van der Waals surface area contributed by atoms with E-state index < -0.39 is 0 Å². The molecule has 0 aliphatic carbocycles. The van der Waals surface area contributed by atoms with Gasteiger partial charge in [-0.15, -0.1) is 11.3 Å². The molecule has 2 heterocycles. The van der Waals surface area contributed by atoms with Crippen molar-refractivity contribution in [1.29, 1.82) is 0 Å². The van der Waals surface area contributed by atoms with E-state index in [1.165, 1.54) is 11.1 Å². The zero-order valence-electron chi connectivity index (χ0n) is 11.4. The Bertz CT molecular complexity index is 723. The first-order chi connectivity index (χ1) is 9.83. The fourth-order valence-electron chi connectivity index (χ4n) is 2.19. The van der Waals surface area contributed by atoms with Crippen molar-refractivity contribution in [3.05, 3.63) is 41.5 Å².